The summed E-state index contributed by atoms with van der Waals surface area (Å²) in [5, 5.41) is 10.5. The van der Waals surface area contributed by atoms with Crippen LogP contribution in [0.1, 0.15) is 29.4 Å². The fourth-order valence-corrected chi connectivity index (χ4v) is 2.88. The zero-order valence-corrected chi connectivity index (χ0v) is 12.0. The fraction of sp³-hybridized carbons (Fsp3) is 0.294. The molecular weight excluding hydrogens is 291 g/mol. The summed E-state index contributed by atoms with van der Waals surface area (Å²) in [4.78, 5) is 2.79. The van der Waals surface area contributed by atoms with Gasteiger partial charge < -0.3 is 10.1 Å². The van der Waals surface area contributed by atoms with Crippen LogP contribution in [0.4, 0.5) is 13.2 Å². The van der Waals surface area contributed by atoms with Gasteiger partial charge in [0.25, 0.3) is 0 Å². The molecular formula is C17H16F3NO. The van der Waals surface area contributed by atoms with Crippen LogP contribution >= 0.6 is 0 Å². The van der Waals surface area contributed by atoms with Crippen molar-refractivity contribution in [2.75, 3.05) is 0 Å². The molecule has 1 atom stereocenters. The van der Waals surface area contributed by atoms with Gasteiger partial charge in [-0.3, -0.25) is 0 Å². The largest absolute Gasteiger partial charge is 0.427 e. The maximum atomic E-state index is 13.6. The van der Waals surface area contributed by atoms with Gasteiger partial charge in [0.15, 0.2) is 0 Å². The zero-order valence-electron chi connectivity index (χ0n) is 12.0. The highest BCUT2D eigenvalue weighted by Crippen LogP contribution is 2.44. The quantitative estimate of drug-likeness (QED) is 0.812. The van der Waals surface area contributed by atoms with Crippen LogP contribution in [-0.2, 0) is 18.4 Å². The molecule has 22 heavy (non-hydrogen) atoms. The van der Waals surface area contributed by atoms with Gasteiger partial charge in [-0.25, -0.2) is 0 Å². The Morgan fingerprint density at radius 3 is 2.45 bits per heavy atom. The fourth-order valence-electron chi connectivity index (χ4n) is 2.88. The number of alkyl halides is 3. The first kappa shape index (κ1) is 14.9. The van der Waals surface area contributed by atoms with Crippen LogP contribution in [0.3, 0.4) is 0 Å². The number of allylic oxidation sites excluding steroid dienone is 2. The Morgan fingerprint density at radius 1 is 1.14 bits per heavy atom. The molecule has 1 aromatic carbocycles. The zero-order chi connectivity index (χ0) is 16.0. The topological polar surface area (TPSA) is 36.0 Å². The SMILES string of the molecule is CC1=CCc2[nH]c(C(O)(c3ccccc3)C(F)(F)F)cc2C1. The van der Waals surface area contributed by atoms with Gasteiger partial charge >= 0.3 is 6.18 Å². The smallest absolute Gasteiger partial charge is 0.371 e. The number of hydrogen-bond acceptors (Lipinski definition) is 1. The molecule has 2 aromatic rings. The van der Waals surface area contributed by atoms with E-state index in [0.29, 0.717) is 12.8 Å². The minimum Gasteiger partial charge on any atom is -0.371 e. The lowest BCUT2D eigenvalue weighted by Gasteiger charge is -2.30. The molecule has 0 bridgehead atoms. The van der Waals surface area contributed by atoms with Crippen molar-refractivity contribution < 1.29 is 18.3 Å². The second kappa shape index (κ2) is 5.02. The molecule has 2 nitrogen and oxygen atoms in total. The summed E-state index contributed by atoms with van der Waals surface area (Å²) in [5.74, 6) is 0. The predicted molar refractivity (Wildman–Crippen MR) is 77.5 cm³/mol. The molecule has 0 saturated heterocycles. The first-order chi connectivity index (χ1) is 10.3. The Bertz CT molecular complexity index is 715. The van der Waals surface area contributed by atoms with Gasteiger partial charge in [0, 0.05) is 12.1 Å². The molecule has 0 radical (unpaired) electrons. The third-order valence-electron chi connectivity index (χ3n) is 4.11. The Morgan fingerprint density at radius 2 is 1.82 bits per heavy atom. The van der Waals surface area contributed by atoms with E-state index in [0.717, 1.165) is 16.8 Å². The van der Waals surface area contributed by atoms with Crippen LogP contribution < -0.4 is 0 Å². The molecule has 1 aliphatic rings. The van der Waals surface area contributed by atoms with Gasteiger partial charge in [-0.05, 0) is 30.5 Å². The Balaban J connectivity index is 2.13. The van der Waals surface area contributed by atoms with Gasteiger partial charge in [0.05, 0.1) is 5.69 Å². The number of hydrogen-bond donors (Lipinski definition) is 2. The van der Waals surface area contributed by atoms with Crippen molar-refractivity contribution in [3.63, 3.8) is 0 Å². The van der Waals surface area contributed by atoms with Crippen molar-refractivity contribution >= 4 is 0 Å². The van der Waals surface area contributed by atoms with Crippen molar-refractivity contribution in [3.05, 3.63) is 70.6 Å². The lowest BCUT2D eigenvalue weighted by atomic mass is 9.89. The lowest BCUT2D eigenvalue weighted by molar-refractivity contribution is -0.249. The third kappa shape index (κ3) is 2.25. The number of H-pyrrole nitrogens is 1. The molecule has 0 aliphatic heterocycles. The van der Waals surface area contributed by atoms with Gasteiger partial charge in [0.2, 0.25) is 5.60 Å². The number of rotatable bonds is 2. The van der Waals surface area contributed by atoms with E-state index >= 15 is 0 Å². The van der Waals surface area contributed by atoms with E-state index in [1.165, 1.54) is 30.3 Å². The molecule has 5 heteroatoms. The van der Waals surface area contributed by atoms with E-state index in [1.807, 2.05) is 13.0 Å². The number of aliphatic hydroxyl groups is 1. The van der Waals surface area contributed by atoms with E-state index in [9.17, 15) is 18.3 Å². The van der Waals surface area contributed by atoms with Crippen molar-refractivity contribution in [2.24, 2.45) is 0 Å². The van der Waals surface area contributed by atoms with Crippen molar-refractivity contribution in [1.29, 1.82) is 0 Å². The summed E-state index contributed by atoms with van der Waals surface area (Å²) in [6, 6.07) is 8.61. The summed E-state index contributed by atoms with van der Waals surface area (Å²) < 4.78 is 40.9. The number of aromatic amines is 1. The maximum absolute atomic E-state index is 13.6. The summed E-state index contributed by atoms with van der Waals surface area (Å²) >= 11 is 0. The second-order valence-electron chi connectivity index (χ2n) is 5.69. The molecule has 0 saturated carbocycles. The molecule has 1 unspecified atom stereocenters. The standard InChI is InChI=1S/C17H16F3NO/c1-11-7-8-14-12(9-11)10-15(21-14)16(22,17(18,19)20)13-5-3-2-4-6-13/h2-7,10,21-22H,8-9H2,1H3. The van der Waals surface area contributed by atoms with E-state index < -0.39 is 11.8 Å². The van der Waals surface area contributed by atoms with Gasteiger partial charge in [-0.1, -0.05) is 42.0 Å². The van der Waals surface area contributed by atoms with Gasteiger partial charge in [-0.15, -0.1) is 0 Å². The molecule has 2 N–H and O–H groups in total. The van der Waals surface area contributed by atoms with Crippen LogP contribution in [0.5, 0.6) is 0 Å². The third-order valence-corrected chi connectivity index (χ3v) is 4.11. The summed E-state index contributed by atoms with van der Waals surface area (Å²) in [6.07, 6.45) is -1.67. The van der Waals surface area contributed by atoms with Crippen LogP contribution in [0.2, 0.25) is 0 Å². The van der Waals surface area contributed by atoms with Crippen LogP contribution in [-0.4, -0.2) is 16.3 Å². The van der Waals surface area contributed by atoms with Gasteiger partial charge in [0.1, 0.15) is 0 Å². The Kier molecular flexibility index (Phi) is 3.40. The number of fused-ring (bicyclic) bond motifs is 1. The number of benzene rings is 1. The number of nitrogens with one attached hydrogen (secondary N) is 1. The normalized spacial score (nSPS) is 17.6. The molecule has 3 rings (SSSR count). The highest BCUT2D eigenvalue weighted by molar-refractivity contribution is 5.42. The first-order valence-electron chi connectivity index (χ1n) is 7.04. The highest BCUT2D eigenvalue weighted by atomic mass is 19.4. The summed E-state index contributed by atoms with van der Waals surface area (Å²) in [5.41, 5.74) is -0.773. The molecule has 1 aromatic heterocycles. The molecule has 0 fully saturated rings. The lowest BCUT2D eigenvalue weighted by Crippen LogP contribution is -2.43. The molecule has 116 valence electrons. The first-order valence-corrected chi connectivity index (χ1v) is 7.04. The molecule has 1 heterocycles. The Hall–Kier alpha value is -2.01. The predicted octanol–water partition coefficient (Wildman–Crippen LogP) is 3.86. The summed E-state index contributed by atoms with van der Waals surface area (Å²) in [6.45, 7) is 1.95. The number of halogens is 3. The highest BCUT2D eigenvalue weighted by Gasteiger charge is 2.57. The Labute approximate surface area is 126 Å². The van der Waals surface area contributed by atoms with E-state index in [-0.39, 0.29) is 11.3 Å². The number of aromatic nitrogens is 1. The van der Waals surface area contributed by atoms with Crippen molar-refractivity contribution in [1.82, 2.24) is 4.98 Å². The van der Waals surface area contributed by atoms with E-state index in [1.54, 1.807) is 6.07 Å². The average molecular weight is 307 g/mol. The molecule has 1 aliphatic carbocycles. The van der Waals surface area contributed by atoms with E-state index in [2.05, 4.69) is 4.98 Å². The molecule has 0 amide bonds. The van der Waals surface area contributed by atoms with E-state index in [4.69, 9.17) is 0 Å². The van der Waals surface area contributed by atoms with Gasteiger partial charge in [-0.2, -0.15) is 13.2 Å². The van der Waals surface area contributed by atoms with Crippen LogP contribution in [0.15, 0.2) is 48.0 Å². The van der Waals surface area contributed by atoms with Crippen LogP contribution in [0, 0.1) is 0 Å². The van der Waals surface area contributed by atoms with Crippen molar-refractivity contribution in [3.8, 4) is 0 Å². The summed E-state index contributed by atoms with van der Waals surface area (Å²) in [7, 11) is 0. The van der Waals surface area contributed by atoms with Crippen molar-refractivity contribution in [2.45, 2.75) is 31.5 Å². The monoisotopic (exact) mass is 307 g/mol. The maximum Gasteiger partial charge on any atom is 0.427 e. The minimum atomic E-state index is -4.82. The second-order valence-corrected chi connectivity index (χ2v) is 5.69. The average Bonchev–Trinajstić information content (AvgIpc) is 2.89. The minimum absolute atomic E-state index is 0.189. The molecule has 0 spiro atoms. The van der Waals surface area contributed by atoms with Crippen LogP contribution in [0.25, 0.3) is 0 Å².